The number of H-pyrrole nitrogens is 1. The van der Waals surface area contributed by atoms with Crippen molar-refractivity contribution in [3.63, 3.8) is 0 Å². The van der Waals surface area contributed by atoms with Gasteiger partial charge < -0.3 is 14.8 Å². The zero-order valence-electron chi connectivity index (χ0n) is 15.6. The third-order valence-electron chi connectivity index (χ3n) is 5.29. The van der Waals surface area contributed by atoms with Crippen molar-refractivity contribution in [3.8, 4) is 0 Å². The van der Waals surface area contributed by atoms with Crippen LogP contribution in [0.3, 0.4) is 0 Å². The van der Waals surface area contributed by atoms with E-state index < -0.39 is 5.92 Å². The average molecular weight is 380 g/mol. The number of piperazine rings is 1. The van der Waals surface area contributed by atoms with Crippen LogP contribution in [0, 0.1) is 5.82 Å². The molecule has 7 heteroatoms. The lowest BCUT2D eigenvalue weighted by atomic mass is 9.98. The lowest BCUT2D eigenvalue weighted by Crippen LogP contribution is -2.51. The van der Waals surface area contributed by atoms with Gasteiger partial charge in [0, 0.05) is 31.7 Å². The van der Waals surface area contributed by atoms with Crippen LogP contribution in [-0.4, -0.2) is 57.8 Å². The highest BCUT2D eigenvalue weighted by molar-refractivity contribution is 5.97. The van der Waals surface area contributed by atoms with Gasteiger partial charge in [-0.3, -0.25) is 9.59 Å². The fourth-order valence-electron chi connectivity index (χ4n) is 3.61. The van der Waals surface area contributed by atoms with Gasteiger partial charge in [0.1, 0.15) is 5.82 Å². The Hall–Kier alpha value is -3.22. The number of aromatic nitrogens is 2. The summed E-state index contributed by atoms with van der Waals surface area (Å²) in [5.74, 6) is -1.10. The first-order valence-electron chi connectivity index (χ1n) is 9.30. The number of carbonyl (C=O) groups excluding carboxylic acids is 2. The molecule has 1 fully saturated rings. The van der Waals surface area contributed by atoms with Gasteiger partial charge in [-0.1, -0.05) is 18.2 Å². The molecule has 28 heavy (non-hydrogen) atoms. The first kappa shape index (κ1) is 18.2. The van der Waals surface area contributed by atoms with Gasteiger partial charge in [-0.15, -0.1) is 0 Å². The van der Waals surface area contributed by atoms with E-state index in [2.05, 4.69) is 9.97 Å². The summed E-state index contributed by atoms with van der Waals surface area (Å²) in [6.45, 7) is 3.51. The number of aromatic amines is 1. The third-order valence-corrected chi connectivity index (χ3v) is 5.29. The van der Waals surface area contributed by atoms with Crippen molar-refractivity contribution in [2.75, 3.05) is 26.2 Å². The van der Waals surface area contributed by atoms with Gasteiger partial charge in [0.15, 0.2) is 0 Å². The zero-order valence-corrected chi connectivity index (χ0v) is 15.6. The molecule has 1 saturated heterocycles. The van der Waals surface area contributed by atoms with Crippen molar-refractivity contribution in [1.29, 1.82) is 0 Å². The van der Waals surface area contributed by atoms with Gasteiger partial charge in [0.25, 0.3) is 5.91 Å². The number of nitrogens with zero attached hydrogens (tertiary/aromatic N) is 3. The van der Waals surface area contributed by atoms with Crippen molar-refractivity contribution in [2.45, 2.75) is 12.8 Å². The molecule has 0 spiro atoms. The van der Waals surface area contributed by atoms with Crippen molar-refractivity contribution in [3.05, 3.63) is 65.7 Å². The van der Waals surface area contributed by atoms with E-state index in [1.54, 1.807) is 53.4 Å². The Morgan fingerprint density at radius 2 is 1.79 bits per heavy atom. The molecule has 1 unspecified atom stereocenters. The predicted molar refractivity (Wildman–Crippen MR) is 103 cm³/mol. The van der Waals surface area contributed by atoms with Crippen LogP contribution >= 0.6 is 0 Å². The van der Waals surface area contributed by atoms with E-state index in [0.717, 1.165) is 11.0 Å². The van der Waals surface area contributed by atoms with Crippen LogP contribution in [0.2, 0.25) is 0 Å². The molecule has 144 valence electrons. The van der Waals surface area contributed by atoms with Gasteiger partial charge in [0.2, 0.25) is 5.91 Å². The molecule has 0 aliphatic carbocycles. The highest BCUT2D eigenvalue weighted by Crippen LogP contribution is 2.22. The van der Waals surface area contributed by atoms with Gasteiger partial charge in [-0.05, 0) is 36.8 Å². The van der Waals surface area contributed by atoms with Gasteiger partial charge in [-0.25, -0.2) is 9.37 Å². The number of fused-ring (bicyclic) bond motifs is 1. The van der Waals surface area contributed by atoms with E-state index in [-0.39, 0.29) is 17.6 Å². The monoisotopic (exact) mass is 380 g/mol. The quantitative estimate of drug-likeness (QED) is 0.760. The molecule has 2 heterocycles. The number of amides is 2. The van der Waals surface area contributed by atoms with E-state index in [9.17, 15) is 14.0 Å². The Morgan fingerprint density at radius 1 is 1.07 bits per heavy atom. The molecule has 0 saturated carbocycles. The zero-order chi connectivity index (χ0) is 19.7. The number of rotatable bonds is 3. The highest BCUT2D eigenvalue weighted by atomic mass is 19.1. The lowest BCUT2D eigenvalue weighted by molar-refractivity contribution is -0.134. The fourth-order valence-corrected chi connectivity index (χ4v) is 3.61. The molecule has 3 aromatic rings. The maximum Gasteiger partial charge on any atom is 0.254 e. The first-order chi connectivity index (χ1) is 13.5. The number of halogens is 1. The molecule has 1 aromatic heterocycles. The van der Waals surface area contributed by atoms with Crippen LogP contribution in [0.5, 0.6) is 0 Å². The minimum atomic E-state index is -0.550. The molecule has 1 aliphatic rings. The SMILES string of the molecule is CC(C(=O)N1CCN(C(=O)c2ccc3nc[nH]c3c2)CC1)c1ccccc1F. The van der Waals surface area contributed by atoms with Gasteiger partial charge in [0.05, 0.1) is 23.3 Å². The molecule has 1 N–H and O–H groups in total. The second-order valence-electron chi connectivity index (χ2n) is 7.00. The molecule has 0 bridgehead atoms. The minimum Gasteiger partial charge on any atom is -0.345 e. The summed E-state index contributed by atoms with van der Waals surface area (Å²) in [6.07, 6.45) is 1.60. The average Bonchev–Trinajstić information content (AvgIpc) is 3.20. The molecule has 2 amide bonds. The highest BCUT2D eigenvalue weighted by Gasteiger charge is 2.29. The lowest BCUT2D eigenvalue weighted by Gasteiger charge is -2.36. The first-order valence-corrected chi connectivity index (χ1v) is 9.30. The van der Waals surface area contributed by atoms with Crippen molar-refractivity contribution >= 4 is 22.8 Å². The molecular weight excluding hydrogens is 359 g/mol. The van der Waals surface area contributed by atoms with Crippen LogP contribution in [-0.2, 0) is 4.79 Å². The van der Waals surface area contributed by atoms with E-state index >= 15 is 0 Å². The predicted octanol–water partition coefficient (Wildman–Crippen LogP) is 2.79. The van der Waals surface area contributed by atoms with Crippen LogP contribution in [0.15, 0.2) is 48.8 Å². The molecule has 6 nitrogen and oxygen atoms in total. The topological polar surface area (TPSA) is 69.3 Å². The van der Waals surface area contributed by atoms with Crippen molar-refractivity contribution in [2.24, 2.45) is 0 Å². The summed E-state index contributed by atoms with van der Waals surface area (Å²) in [4.78, 5) is 36.2. The summed E-state index contributed by atoms with van der Waals surface area (Å²) in [5.41, 5.74) is 2.63. The number of nitrogens with one attached hydrogen (secondary N) is 1. The largest absolute Gasteiger partial charge is 0.345 e. The van der Waals surface area contributed by atoms with Gasteiger partial charge in [-0.2, -0.15) is 0 Å². The van der Waals surface area contributed by atoms with Crippen LogP contribution < -0.4 is 0 Å². The second-order valence-corrected chi connectivity index (χ2v) is 7.00. The maximum absolute atomic E-state index is 14.0. The Balaban J connectivity index is 1.40. The molecule has 0 radical (unpaired) electrons. The number of benzene rings is 2. The second kappa shape index (κ2) is 7.42. The number of carbonyl (C=O) groups is 2. The fraction of sp³-hybridized carbons (Fsp3) is 0.286. The normalized spacial score (nSPS) is 15.6. The third kappa shape index (κ3) is 3.35. The maximum atomic E-state index is 14.0. The number of hydrogen-bond donors (Lipinski definition) is 1. The summed E-state index contributed by atoms with van der Waals surface area (Å²) in [7, 11) is 0. The Morgan fingerprint density at radius 3 is 2.54 bits per heavy atom. The molecule has 1 aliphatic heterocycles. The van der Waals surface area contributed by atoms with E-state index in [4.69, 9.17) is 0 Å². The molecular formula is C21H21FN4O2. The van der Waals surface area contributed by atoms with Crippen molar-refractivity contribution in [1.82, 2.24) is 19.8 Å². The Kier molecular flexibility index (Phi) is 4.81. The summed E-state index contributed by atoms with van der Waals surface area (Å²) < 4.78 is 14.0. The molecule has 2 aromatic carbocycles. The summed E-state index contributed by atoms with van der Waals surface area (Å²) >= 11 is 0. The van der Waals surface area contributed by atoms with Crippen LogP contribution in [0.4, 0.5) is 4.39 Å². The number of hydrogen-bond acceptors (Lipinski definition) is 3. The smallest absolute Gasteiger partial charge is 0.254 e. The summed E-state index contributed by atoms with van der Waals surface area (Å²) in [5, 5.41) is 0. The van der Waals surface area contributed by atoms with Crippen molar-refractivity contribution < 1.29 is 14.0 Å². The molecule has 4 rings (SSSR count). The van der Waals surface area contributed by atoms with Crippen LogP contribution in [0.25, 0.3) is 11.0 Å². The minimum absolute atomic E-state index is 0.0641. The number of imidazole rings is 1. The van der Waals surface area contributed by atoms with Crippen LogP contribution in [0.1, 0.15) is 28.8 Å². The van der Waals surface area contributed by atoms with Gasteiger partial charge >= 0.3 is 0 Å². The van der Waals surface area contributed by atoms with E-state index in [1.807, 2.05) is 6.07 Å². The van der Waals surface area contributed by atoms with E-state index in [0.29, 0.717) is 37.3 Å². The summed E-state index contributed by atoms with van der Waals surface area (Å²) in [6, 6.07) is 11.7. The van der Waals surface area contributed by atoms with E-state index in [1.165, 1.54) is 6.07 Å². The Labute approximate surface area is 162 Å². The standard InChI is InChI=1S/C21H21FN4O2/c1-14(16-4-2-3-5-17(16)22)20(27)25-8-10-26(11-9-25)21(28)15-6-7-18-19(12-15)24-13-23-18/h2-7,12-14H,8-11H2,1H3,(H,23,24). The molecule has 1 atom stereocenters. The Bertz CT molecular complexity index is 1020.